The highest BCUT2D eigenvalue weighted by Crippen LogP contribution is 2.38. The van der Waals surface area contributed by atoms with Crippen molar-refractivity contribution in [2.75, 3.05) is 6.61 Å². The molecule has 2 N–H and O–H groups in total. The zero-order chi connectivity index (χ0) is 13.9. The summed E-state index contributed by atoms with van der Waals surface area (Å²) >= 11 is 0. The Hall–Kier alpha value is -0.870. The van der Waals surface area contributed by atoms with Gasteiger partial charge in [0, 0.05) is 30.5 Å². The van der Waals surface area contributed by atoms with E-state index < -0.39 is 0 Å². The summed E-state index contributed by atoms with van der Waals surface area (Å²) in [5, 5.41) is 13.5. The third-order valence-electron chi connectivity index (χ3n) is 4.46. The molecule has 1 aromatic heterocycles. The van der Waals surface area contributed by atoms with Crippen molar-refractivity contribution in [1.29, 1.82) is 0 Å². The predicted octanol–water partition coefficient (Wildman–Crippen LogP) is 2.11. The topological polar surface area (TPSA) is 50.1 Å². The molecule has 1 aliphatic carbocycles. The summed E-state index contributed by atoms with van der Waals surface area (Å²) in [5.74, 6) is 1.63. The van der Waals surface area contributed by atoms with Crippen LogP contribution in [0.5, 0.6) is 0 Å². The van der Waals surface area contributed by atoms with Crippen LogP contribution in [0.3, 0.4) is 0 Å². The first-order valence-corrected chi connectivity index (χ1v) is 7.44. The fourth-order valence-electron chi connectivity index (χ4n) is 3.52. The van der Waals surface area contributed by atoms with Crippen LogP contribution in [0.1, 0.15) is 45.4 Å². The predicted molar refractivity (Wildman–Crippen MR) is 77.0 cm³/mol. The van der Waals surface area contributed by atoms with Gasteiger partial charge in [0.05, 0.1) is 6.61 Å². The van der Waals surface area contributed by atoms with E-state index in [1.807, 2.05) is 19.3 Å². The van der Waals surface area contributed by atoms with Gasteiger partial charge in [0.25, 0.3) is 0 Å². The first-order valence-electron chi connectivity index (χ1n) is 7.44. The van der Waals surface area contributed by atoms with Crippen LogP contribution in [0.4, 0.5) is 0 Å². The first kappa shape index (κ1) is 14.5. The van der Waals surface area contributed by atoms with E-state index >= 15 is 0 Å². The van der Waals surface area contributed by atoms with Gasteiger partial charge in [-0.05, 0) is 32.1 Å². The Morgan fingerprint density at radius 1 is 1.58 bits per heavy atom. The quantitative estimate of drug-likeness (QED) is 0.828. The molecule has 0 spiro atoms. The van der Waals surface area contributed by atoms with Gasteiger partial charge < -0.3 is 15.0 Å². The molecule has 0 radical (unpaired) electrons. The van der Waals surface area contributed by atoms with Crippen LogP contribution in [-0.4, -0.2) is 32.8 Å². The van der Waals surface area contributed by atoms with Gasteiger partial charge in [0.1, 0.15) is 5.82 Å². The molecule has 0 saturated heterocycles. The van der Waals surface area contributed by atoms with Gasteiger partial charge in [-0.2, -0.15) is 0 Å². The largest absolute Gasteiger partial charge is 0.394 e. The van der Waals surface area contributed by atoms with Crippen molar-refractivity contribution in [3.8, 4) is 0 Å². The maximum atomic E-state index is 9.87. The van der Waals surface area contributed by atoms with Gasteiger partial charge >= 0.3 is 0 Å². The summed E-state index contributed by atoms with van der Waals surface area (Å²) in [4.78, 5) is 4.26. The molecule has 0 bridgehead atoms. The molecule has 0 aliphatic heterocycles. The number of hydrogen-bond donors (Lipinski definition) is 2. The van der Waals surface area contributed by atoms with Crippen molar-refractivity contribution in [3.05, 3.63) is 18.2 Å². The van der Waals surface area contributed by atoms with E-state index in [2.05, 4.69) is 28.7 Å². The highest BCUT2D eigenvalue weighted by atomic mass is 16.3. The Morgan fingerprint density at radius 2 is 2.37 bits per heavy atom. The summed E-state index contributed by atoms with van der Waals surface area (Å²) in [6.07, 6.45) is 8.53. The van der Waals surface area contributed by atoms with Crippen LogP contribution < -0.4 is 5.32 Å². The van der Waals surface area contributed by atoms with Gasteiger partial charge in [-0.15, -0.1) is 0 Å². The lowest BCUT2D eigenvalue weighted by atomic mass is 9.84. The molecule has 2 atom stereocenters. The van der Waals surface area contributed by atoms with Gasteiger partial charge in [-0.1, -0.05) is 20.3 Å². The molecule has 1 aliphatic rings. The molecule has 4 nitrogen and oxygen atoms in total. The van der Waals surface area contributed by atoms with Gasteiger partial charge in [0.15, 0.2) is 0 Å². The minimum Gasteiger partial charge on any atom is -0.394 e. The molecule has 1 saturated carbocycles. The van der Waals surface area contributed by atoms with Crippen molar-refractivity contribution in [2.24, 2.45) is 5.92 Å². The average Bonchev–Trinajstić information content (AvgIpc) is 2.93. The summed E-state index contributed by atoms with van der Waals surface area (Å²) < 4.78 is 2.20. The monoisotopic (exact) mass is 265 g/mol. The number of aryl methyl sites for hydroxylation is 2. The molecule has 0 aromatic carbocycles. The second-order valence-electron chi connectivity index (χ2n) is 6.16. The van der Waals surface area contributed by atoms with Crippen molar-refractivity contribution < 1.29 is 5.11 Å². The van der Waals surface area contributed by atoms with E-state index in [0.29, 0.717) is 12.0 Å². The Bertz CT molecular complexity index is 402. The van der Waals surface area contributed by atoms with E-state index in [0.717, 1.165) is 25.2 Å². The fourth-order valence-corrected chi connectivity index (χ4v) is 3.52. The summed E-state index contributed by atoms with van der Waals surface area (Å²) in [5.41, 5.74) is -0.0668. The third kappa shape index (κ3) is 3.18. The van der Waals surface area contributed by atoms with E-state index in [9.17, 15) is 5.11 Å². The minimum absolute atomic E-state index is 0.0668. The fraction of sp³-hybridized carbons (Fsp3) is 0.800. The number of rotatable bonds is 6. The van der Waals surface area contributed by atoms with Crippen LogP contribution >= 0.6 is 0 Å². The number of aliphatic hydroxyl groups excluding tert-OH is 1. The molecule has 4 heteroatoms. The number of aliphatic hydroxyl groups is 1. The molecule has 108 valence electrons. The number of aromatic nitrogens is 2. The van der Waals surface area contributed by atoms with Crippen molar-refractivity contribution in [2.45, 2.75) is 64.6 Å². The number of nitrogens with one attached hydrogen (secondary N) is 1. The number of hydrogen-bond acceptors (Lipinski definition) is 3. The Balaban J connectivity index is 1.99. The molecule has 1 aromatic rings. The first-order chi connectivity index (χ1) is 9.07. The molecule has 1 fully saturated rings. The van der Waals surface area contributed by atoms with Crippen LogP contribution in [0.2, 0.25) is 0 Å². The van der Waals surface area contributed by atoms with Crippen LogP contribution in [0.15, 0.2) is 12.4 Å². The Morgan fingerprint density at radius 3 is 2.95 bits per heavy atom. The van der Waals surface area contributed by atoms with Gasteiger partial charge in [0.2, 0.25) is 0 Å². The summed E-state index contributed by atoms with van der Waals surface area (Å²) in [6, 6.07) is 0.419. The second-order valence-corrected chi connectivity index (χ2v) is 6.16. The second kappa shape index (κ2) is 6.06. The molecule has 2 unspecified atom stereocenters. The molecule has 1 heterocycles. The normalized spacial score (nSPS) is 27.3. The van der Waals surface area contributed by atoms with Crippen molar-refractivity contribution in [1.82, 2.24) is 14.9 Å². The highest BCUT2D eigenvalue weighted by Gasteiger charge is 2.42. The highest BCUT2D eigenvalue weighted by molar-refractivity contribution is 5.00. The molecular weight excluding hydrogens is 238 g/mol. The molecule has 19 heavy (non-hydrogen) atoms. The van der Waals surface area contributed by atoms with Crippen molar-refractivity contribution >= 4 is 0 Å². The summed E-state index contributed by atoms with van der Waals surface area (Å²) in [7, 11) is 0. The zero-order valence-electron chi connectivity index (χ0n) is 12.4. The Kier molecular flexibility index (Phi) is 4.63. The SMILES string of the molecule is Cc1nccn1CCC1CCCC1(CO)NC(C)C. The third-order valence-corrected chi connectivity index (χ3v) is 4.46. The van der Waals surface area contributed by atoms with Crippen molar-refractivity contribution in [3.63, 3.8) is 0 Å². The maximum absolute atomic E-state index is 9.87. The molecule has 0 amide bonds. The maximum Gasteiger partial charge on any atom is 0.105 e. The average molecular weight is 265 g/mol. The molecular formula is C15H27N3O. The van der Waals surface area contributed by atoms with E-state index in [1.54, 1.807) is 0 Å². The van der Waals surface area contributed by atoms with Gasteiger partial charge in [-0.25, -0.2) is 4.98 Å². The van der Waals surface area contributed by atoms with E-state index in [1.165, 1.54) is 12.8 Å². The van der Waals surface area contributed by atoms with E-state index in [4.69, 9.17) is 0 Å². The smallest absolute Gasteiger partial charge is 0.105 e. The van der Waals surface area contributed by atoms with Crippen LogP contribution in [0.25, 0.3) is 0 Å². The zero-order valence-corrected chi connectivity index (χ0v) is 12.4. The minimum atomic E-state index is -0.0668. The lowest BCUT2D eigenvalue weighted by molar-refractivity contribution is 0.108. The Labute approximate surface area is 116 Å². The lowest BCUT2D eigenvalue weighted by Gasteiger charge is -2.37. The van der Waals surface area contributed by atoms with E-state index in [-0.39, 0.29) is 12.1 Å². The van der Waals surface area contributed by atoms with Crippen LogP contribution in [-0.2, 0) is 6.54 Å². The number of nitrogens with zero attached hydrogens (tertiary/aromatic N) is 2. The summed E-state index contributed by atoms with van der Waals surface area (Å²) in [6.45, 7) is 7.61. The van der Waals surface area contributed by atoms with Gasteiger partial charge in [-0.3, -0.25) is 0 Å². The lowest BCUT2D eigenvalue weighted by Crippen LogP contribution is -2.54. The molecule has 2 rings (SSSR count). The number of imidazole rings is 1. The standard InChI is InChI=1S/C15H27N3O/c1-12(2)17-15(11-19)7-4-5-14(15)6-9-18-10-8-16-13(18)3/h8,10,12,14,17,19H,4-7,9,11H2,1-3H3. The van der Waals surface area contributed by atoms with Crippen LogP contribution in [0, 0.1) is 12.8 Å².